The Kier molecular flexibility index (Phi) is 6.96. The van der Waals surface area contributed by atoms with Gasteiger partial charge in [-0.2, -0.15) is 0 Å². The summed E-state index contributed by atoms with van der Waals surface area (Å²) in [5.41, 5.74) is 1.10. The Bertz CT molecular complexity index is 714. The van der Waals surface area contributed by atoms with Crippen LogP contribution in [-0.2, 0) is 25.5 Å². The van der Waals surface area contributed by atoms with Crippen molar-refractivity contribution < 1.29 is 24.2 Å². The Morgan fingerprint density at radius 2 is 2.07 bits per heavy atom. The number of hydrogen-bond acceptors (Lipinski definition) is 6. The fraction of sp³-hybridized carbons (Fsp3) is 0.550. The predicted octanol–water partition coefficient (Wildman–Crippen LogP) is 1.66. The third-order valence-electron chi connectivity index (χ3n) is 5.33. The SMILES string of the molecule is COC(=O)C(CCc1ccccc1)N[C@H]1CCC[C@H]2SC[C@@H](C(=O)O)N2C1=O. The number of carbonyl (C=O) groups excluding carboxylic acids is 2. The summed E-state index contributed by atoms with van der Waals surface area (Å²) in [4.78, 5) is 38.4. The van der Waals surface area contributed by atoms with Crippen LogP contribution in [0.1, 0.15) is 31.2 Å². The largest absolute Gasteiger partial charge is 0.480 e. The van der Waals surface area contributed by atoms with Gasteiger partial charge >= 0.3 is 11.9 Å². The number of thioether (sulfide) groups is 1. The van der Waals surface area contributed by atoms with Crippen LogP contribution in [0.4, 0.5) is 0 Å². The van der Waals surface area contributed by atoms with Crippen molar-refractivity contribution in [3.05, 3.63) is 35.9 Å². The Hall–Kier alpha value is -2.06. The lowest BCUT2D eigenvalue weighted by Crippen LogP contribution is -2.55. The molecule has 0 aliphatic carbocycles. The first-order valence-electron chi connectivity index (χ1n) is 9.55. The second-order valence-electron chi connectivity index (χ2n) is 7.14. The Balaban J connectivity index is 1.71. The quantitative estimate of drug-likeness (QED) is 0.665. The van der Waals surface area contributed by atoms with Crippen LogP contribution >= 0.6 is 11.8 Å². The van der Waals surface area contributed by atoms with E-state index in [2.05, 4.69) is 5.32 Å². The molecule has 1 aromatic carbocycles. The molecule has 2 aliphatic heterocycles. The van der Waals surface area contributed by atoms with Crippen LogP contribution in [0.3, 0.4) is 0 Å². The first kappa shape index (κ1) is 20.7. The molecule has 0 bridgehead atoms. The number of carboxylic acid groups (broad SMARTS) is 1. The van der Waals surface area contributed by atoms with E-state index in [1.54, 1.807) is 0 Å². The van der Waals surface area contributed by atoms with Gasteiger partial charge in [0, 0.05) is 5.75 Å². The number of nitrogens with zero attached hydrogens (tertiary/aromatic N) is 1. The molecular formula is C20H26N2O5S. The summed E-state index contributed by atoms with van der Waals surface area (Å²) in [5.74, 6) is -1.20. The number of amides is 1. The minimum atomic E-state index is -0.974. The standard InChI is InChI=1S/C20H26N2O5S/c1-27-20(26)15(11-10-13-6-3-2-4-7-13)21-14-8-5-9-17-22(18(14)23)16(12-28-17)19(24)25/h2-4,6-7,14-17,21H,5,8-12H2,1H3,(H,24,25)/t14-,15?,16-,17+/m0/s1. The molecule has 1 unspecified atom stereocenters. The number of ether oxygens (including phenoxy) is 1. The van der Waals surface area contributed by atoms with Crippen molar-refractivity contribution in [1.82, 2.24) is 10.2 Å². The number of carbonyl (C=O) groups is 3. The van der Waals surface area contributed by atoms with E-state index < -0.39 is 30.1 Å². The number of fused-ring (bicyclic) bond motifs is 1. The second kappa shape index (κ2) is 9.43. The van der Waals surface area contributed by atoms with E-state index in [1.807, 2.05) is 30.3 Å². The minimum absolute atomic E-state index is 0.0960. The molecule has 2 N–H and O–H groups in total. The van der Waals surface area contributed by atoms with Crippen molar-refractivity contribution in [3.63, 3.8) is 0 Å². The van der Waals surface area contributed by atoms with Crippen LogP contribution in [0.15, 0.2) is 30.3 Å². The molecule has 2 saturated heterocycles. The number of carboxylic acids is 1. The Morgan fingerprint density at radius 3 is 2.75 bits per heavy atom. The van der Waals surface area contributed by atoms with Crippen LogP contribution < -0.4 is 5.32 Å². The molecule has 3 rings (SSSR count). The fourth-order valence-electron chi connectivity index (χ4n) is 3.84. The number of hydrogen-bond donors (Lipinski definition) is 2. The number of esters is 1. The summed E-state index contributed by atoms with van der Waals surface area (Å²) >= 11 is 1.52. The summed E-state index contributed by atoms with van der Waals surface area (Å²) in [6.07, 6.45) is 3.33. The second-order valence-corrected chi connectivity index (χ2v) is 8.35. The monoisotopic (exact) mass is 406 g/mol. The molecule has 2 fully saturated rings. The first-order chi connectivity index (χ1) is 13.5. The summed E-state index contributed by atoms with van der Waals surface area (Å²) in [6.45, 7) is 0. The average Bonchev–Trinajstić information content (AvgIpc) is 3.07. The Morgan fingerprint density at radius 1 is 1.32 bits per heavy atom. The molecular weight excluding hydrogens is 380 g/mol. The van der Waals surface area contributed by atoms with Crippen molar-refractivity contribution in [1.29, 1.82) is 0 Å². The van der Waals surface area contributed by atoms with Crippen LogP contribution in [0.2, 0.25) is 0 Å². The van der Waals surface area contributed by atoms with Crippen LogP contribution in [0, 0.1) is 0 Å². The van der Waals surface area contributed by atoms with E-state index in [1.165, 1.54) is 23.8 Å². The summed E-state index contributed by atoms with van der Waals surface area (Å²) < 4.78 is 4.93. The van der Waals surface area contributed by atoms with Crippen molar-refractivity contribution in [2.75, 3.05) is 12.9 Å². The van der Waals surface area contributed by atoms with Crippen molar-refractivity contribution >= 4 is 29.6 Å². The van der Waals surface area contributed by atoms with Gasteiger partial charge in [-0.05, 0) is 37.7 Å². The average molecular weight is 407 g/mol. The molecule has 152 valence electrons. The topological polar surface area (TPSA) is 95.9 Å². The molecule has 28 heavy (non-hydrogen) atoms. The highest BCUT2D eigenvalue weighted by Crippen LogP contribution is 2.35. The maximum absolute atomic E-state index is 13.1. The summed E-state index contributed by atoms with van der Waals surface area (Å²) in [6, 6.07) is 7.82. The molecule has 4 atom stereocenters. The molecule has 0 spiro atoms. The fourth-order valence-corrected chi connectivity index (χ4v) is 5.29. The van der Waals surface area contributed by atoms with Gasteiger partial charge in [-0.25, -0.2) is 4.79 Å². The zero-order chi connectivity index (χ0) is 20.1. The van der Waals surface area contributed by atoms with Gasteiger partial charge in [-0.15, -0.1) is 11.8 Å². The molecule has 1 amide bonds. The number of benzene rings is 1. The van der Waals surface area contributed by atoms with E-state index in [4.69, 9.17) is 4.74 Å². The maximum atomic E-state index is 13.1. The van der Waals surface area contributed by atoms with Gasteiger partial charge < -0.3 is 14.7 Å². The Labute approximate surface area is 168 Å². The first-order valence-corrected chi connectivity index (χ1v) is 10.6. The van der Waals surface area contributed by atoms with Crippen LogP contribution in [0.5, 0.6) is 0 Å². The summed E-state index contributed by atoms with van der Waals surface area (Å²) in [7, 11) is 1.34. The van der Waals surface area contributed by atoms with Crippen molar-refractivity contribution in [2.45, 2.75) is 55.6 Å². The molecule has 7 nitrogen and oxygen atoms in total. The van der Waals surface area contributed by atoms with Gasteiger partial charge in [-0.3, -0.25) is 14.9 Å². The van der Waals surface area contributed by atoms with E-state index in [0.29, 0.717) is 25.0 Å². The summed E-state index contributed by atoms with van der Waals surface area (Å²) in [5, 5.41) is 12.5. The van der Waals surface area contributed by atoms with E-state index in [9.17, 15) is 19.5 Å². The number of methoxy groups -OCH3 is 1. The third kappa shape index (κ3) is 4.67. The van der Waals surface area contributed by atoms with Crippen LogP contribution in [0.25, 0.3) is 0 Å². The molecule has 0 radical (unpaired) electrons. The highest BCUT2D eigenvalue weighted by Gasteiger charge is 2.45. The number of aryl methyl sites for hydroxylation is 1. The normalized spacial score (nSPS) is 25.7. The van der Waals surface area contributed by atoms with Gasteiger partial charge in [0.05, 0.1) is 18.5 Å². The number of nitrogens with one attached hydrogen (secondary N) is 1. The van der Waals surface area contributed by atoms with E-state index >= 15 is 0 Å². The van der Waals surface area contributed by atoms with E-state index in [0.717, 1.165) is 18.4 Å². The lowest BCUT2D eigenvalue weighted by atomic mass is 10.0. The molecule has 2 heterocycles. The molecule has 8 heteroatoms. The van der Waals surface area contributed by atoms with E-state index in [-0.39, 0.29) is 11.3 Å². The lowest BCUT2D eigenvalue weighted by molar-refractivity contribution is -0.150. The zero-order valence-corrected chi connectivity index (χ0v) is 16.7. The number of aliphatic carboxylic acids is 1. The van der Waals surface area contributed by atoms with Gasteiger partial charge in [0.1, 0.15) is 12.1 Å². The maximum Gasteiger partial charge on any atom is 0.327 e. The zero-order valence-electron chi connectivity index (χ0n) is 15.9. The lowest BCUT2D eigenvalue weighted by Gasteiger charge is -2.29. The molecule has 2 aliphatic rings. The minimum Gasteiger partial charge on any atom is -0.480 e. The number of rotatable bonds is 7. The van der Waals surface area contributed by atoms with Gasteiger partial charge in [0.2, 0.25) is 5.91 Å². The predicted molar refractivity (Wildman–Crippen MR) is 106 cm³/mol. The smallest absolute Gasteiger partial charge is 0.327 e. The van der Waals surface area contributed by atoms with Gasteiger partial charge in [0.15, 0.2) is 0 Å². The molecule has 0 saturated carbocycles. The molecule has 0 aromatic heterocycles. The van der Waals surface area contributed by atoms with Crippen molar-refractivity contribution in [3.8, 4) is 0 Å². The highest BCUT2D eigenvalue weighted by molar-refractivity contribution is 8.00. The van der Waals surface area contributed by atoms with Gasteiger partial charge in [0.25, 0.3) is 0 Å². The molecule has 1 aromatic rings. The van der Waals surface area contributed by atoms with Crippen LogP contribution in [-0.4, -0.2) is 64.2 Å². The third-order valence-corrected chi connectivity index (χ3v) is 6.68. The van der Waals surface area contributed by atoms with Gasteiger partial charge in [-0.1, -0.05) is 30.3 Å². The highest BCUT2D eigenvalue weighted by atomic mass is 32.2. The van der Waals surface area contributed by atoms with Crippen molar-refractivity contribution in [2.24, 2.45) is 0 Å².